The Morgan fingerprint density at radius 1 is 1.30 bits per heavy atom. The van der Waals surface area contributed by atoms with Crippen molar-refractivity contribution in [3.05, 3.63) is 51.3 Å². The van der Waals surface area contributed by atoms with Gasteiger partial charge in [0.25, 0.3) is 5.91 Å². The number of nitrogens with zero attached hydrogens (tertiary/aromatic N) is 2. The number of amides is 1. The molecule has 0 atom stereocenters. The summed E-state index contributed by atoms with van der Waals surface area (Å²) >= 11 is 3.18. The van der Waals surface area contributed by atoms with E-state index in [1.54, 1.807) is 11.3 Å². The molecule has 23 heavy (non-hydrogen) atoms. The summed E-state index contributed by atoms with van der Waals surface area (Å²) in [7, 11) is 0. The van der Waals surface area contributed by atoms with Gasteiger partial charge in [0.05, 0.1) is 10.6 Å². The van der Waals surface area contributed by atoms with Crippen LogP contribution in [0, 0.1) is 13.8 Å². The average molecular weight is 345 g/mol. The molecule has 0 unspecified atom stereocenters. The van der Waals surface area contributed by atoms with Gasteiger partial charge < -0.3 is 5.32 Å². The third kappa shape index (κ3) is 3.89. The first kappa shape index (κ1) is 16.0. The fourth-order valence-electron chi connectivity index (χ4n) is 2.45. The predicted molar refractivity (Wildman–Crippen MR) is 96.3 cm³/mol. The van der Waals surface area contributed by atoms with Crippen molar-refractivity contribution in [2.24, 2.45) is 0 Å². The summed E-state index contributed by atoms with van der Waals surface area (Å²) in [5.74, 6) is 0.00572. The number of hydrogen-bond donors (Lipinski definition) is 1. The summed E-state index contributed by atoms with van der Waals surface area (Å²) < 4.78 is 1.99. The minimum atomic E-state index is 0.00572. The van der Waals surface area contributed by atoms with E-state index < -0.39 is 0 Å². The number of nitrogens with one attached hydrogen (secondary N) is 1. The lowest BCUT2D eigenvalue weighted by Crippen LogP contribution is -2.24. The van der Waals surface area contributed by atoms with E-state index in [1.165, 1.54) is 16.2 Å². The summed E-state index contributed by atoms with van der Waals surface area (Å²) in [6.45, 7) is 5.53. The first-order valence-corrected chi connectivity index (χ1v) is 9.31. The van der Waals surface area contributed by atoms with Gasteiger partial charge in [0.1, 0.15) is 0 Å². The van der Waals surface area contributed by atoms with Crippen molar-refractivity contribution in [3.63, 3.8) is 0 Å². The molecule has 1 amide bonds. The molecular formula is C17H19N3OS2. The molecule has 0 radical (unpaired) electrons. The zero-order chi connectivity index (χ0) is 16.2. The van der Waals surface area contributed by atoms with Crippen molar-refractivity contribution < 1.29 is 4.79 Å². The normalized spacial score (nSPS) is 10.9. The lowest BCUT2D eigenvalue weighted by Gasteiger charge is -2.05. The minimum Gasteiger partial charge on any atom is -0.351 e. The highest BCUT2D eigenvalue weighted by atomic mass is 32.1. The van der Waals surface area contributed by atoms with E-state index >= 15 is 0 Å². The average Bonchev–Trinajstić information content (AvgIpc) is 3.24. The van der Waals surface area contributed by atoms with E-state index in [0.29, 0.717) is 6.54 Å². The Kier molecular flexibility index (Phi) is 4.93. The smallest absolute Gasteiger partial charge is 0.261 e. The van der Waals surface area contributed by atoms with E-state index in [2.05, 4.69) is 29.5 Å². The molecule has 0 aliphatic rings. The van der Waals surface area contributed by atoms with Gasteiger partial charge in [-0.1, -0.05) is 6.07 Å². The monoisotopic (exact) mass is 345 g/mol. The minimum absolute atomic E-state index is 0.00572. The van der Waals surface area contributed by atoms with Gasteiger partial charge in [-0.3, -0.25) is 9.48 Å². The van der Waals surface area contributed by atoms with Gasteiger partial charge in [-0.15, -0.1) is 22.7 Å². The topological polar surface area (TPSA) is 46.9 Å². The number of carbonyl (C=O) groups excluding carboxylic acids is 1. The number of thiophene rings is 2. The van der Waals surface area contributed by atoms with Crippen LogP contribution in [0.15, 0.2) is 35.0 Å². The highest BCUT2D eigenvalue weighted by molar-refractivity contribution is 7.15. The lowest BCUT2D eigenvalue weighted by molar-refractivity contribution is 0.0956. The highest BCUT2D eigenvalue weighted by Gasteiger charge is 2.10. The van der Waals surface area contributed by atoms with Crippen LogP contribution in [0.3, 0.4) is 0 Å². The fourth-order valence-corrected chi connectivity index (χ4v) is 4.06. The largest absolute Gasteiger partial charge is 0.351 e. The Morgan fingerprint density at radius 3 is 2.87 bits per heavy atom. The molecule has 3 rings (SSSR count). The second kappa shape index (κ2) is 7.10. The molecule has 3 heterocycles. The van der Waals surface area contributed by atoms with E-state index in [9.17, 15) is 4.79 Å². The van der Waals surface area contributed by atoms with Gasteiger partial charge in [-0.25, -0.2) is 0 Å². The molecule has 0 saturated heterocycles. The molecule has 4 nitrogen and oxygen atoms in total. The second-order valence-corrected chi connectivity index (χ2v) is 7.30. The maximum atomic E-state index is 12.2. The van der Waals surface area contributed by atoms with Gasteiger partial charge in [0, 0.05) is 34.6 Å². The second-order valence-electron chi connectivity index (χ2n) is 5.44. The predicted octanol–water partition coefficient (Wildman–Crippen LogP) is 4.11. The third-order valence-electron chi connectivity index (χ3n) is 3.56. The van der Waals surface area contributed by atoms with Crippen LogP contribution in [0.5, 0.6) is 0 Å². The van der Waals surface area contributed by atoms with Crippen LogP contribution in [-0.4, -0.2) is 22.2 Å². The maximum Gasteiger partial charge on any atom is 0.261 e. The number of aryl methyl sites for hydroxylation is 3. The number of carbonyl (C=O) groups is 1. The zero-order valence-corrected chi connectivity index (χ0v) is 14.8. The molecule has 3 aromatic heterocycles. The molecule has 0 fully saturated rings. The quantitative estimate of drug-likeness (QED) is 0.683. The molecule has 0 bridgehead atoms. The van der Waals surface area contributed by atoms with Crippen LogP contribution in [0.2, 0.25) is 0 Å². The van der Waals surface area contributed by atoms with E-state index in [0.717, 1.165) is 34.8 Å². The zero-order valence-electron chi connectivity index (χ0n) is 13.2. The molecular weight excluding hydrogens is 326 g/mol. The summed E-state index contributed by atoms with van der Waals surface area (Å²) in [4.78, 5) is 14.2. The SMILES string of the molecule is Cc1cc(C)n(CCCNC(=O)c2cc(-c3cccs3)cs2)n1. The summed E-state index contributed by atoms with van der Waals surface area (Å²) in [6.07, 6.45) is 0.872. The molecule has 0 aromatic carbocycles. The van der Waals surface area contributed by atoms with Crippen molar-refractivity contribution in [2.45, 2.75) is 26.8 Å². The van der Waals surface area contributed by atoms with Gasteiger partial charge in [-0.2, -0.15) is 5.10 Å². The molecule has 6 heteroatoms. The number of rotatable bonds is 6. The van der Waals surface area contributed by atoms with Crippen molar-refractivity contribution in [1.82, 2.24) is 15.1 Å². The lowest BCUT2D eigenvalue weighted by atomic mass is 10.2. The van der Waals surface area contributed by atoms with Crippen LogP contribution in [0.1, 0.15) is 27.5 Å². The van der Waals surface area contributed by atoms with E-state index in [-0.39, 0.29) is 5.91 Å². The highest BCUT2D eigenvalue weighted by Crippen LogP contribution is 2.29. The van der Waals surface area contributed by atoms with Crippen molar-refractivity contribution in [2.75, 3.05) is 6.54 Å². The van der Waals surface area contributed by atoms with Crippen molar-refractivity contribution in [1.29, 1.82) is 0 Å². The van der Waals surface area contributed by atoms with Crippen molar-refractivity contribution >= 4 is 28.6 Å². The third-order valence-corrected chi connectivity index (χ3v) is 5.41. The molecule has 0 aliphatic carbocycles. The van der Waals surface area contributed by atoms with E-state index in [1.807, 2.05) is 34.5 Å². The first-order chi connectivity index (χ1) is 11.1. The summed E-state index contributed by atoms with van der Waals surface area (Å²) in [5, 5.41) is 11.5. The fraction of sp³-hybridized carbons (Fsp3) is 0.294. The Balaban J connectivity index is 1.49. The maximum absolute atomic E-state index is 12.2. The van der Waals surface area contributed by atoms with E-state index in [4.69, 9.17) is 0 Å². The molecule has 3 aromatic rings. The van der Waals surface area contributed by atoms with Crippen LogP contribution in [0.25, 0.3) is 10.4 Å². The molecule has 0 saturated carbocycles. The molecule has 1 N–H and O–H groups in total. The Hall–Kier alpha value is -1.92. The van der Waals surface area contributed by atoms with Crippen LogP contribution >= 0.6 is 22.7 Å². The van der Waals surface area contributed by atoms with Gasteiger partial charge in [-0.05, 0) is 43.8 Å². The number of aromatic nitrogens is 2. The molecule has 0 aliphatic heterocycles. The van der Waals surface area contributed by atoms with Gasteiger partial charge in [0.2, 0.25) is 0 Å². The Labute approximate surface area is 143 Å². The standard InChI is InChI=1S/C17H19N3OS2/c1-12-9-13(2)20(19-12)7-4-6-18-17(21)16-10-14(11-23-16)15-5-3-8-22-15/h3,5,8-11H,4,6-7H2,1-2H3,(H,18,21). The van der Waals surface area contributed by atoms with Crippen LogP contribution in [0.4, 0.5) is 0 Å². The number of hydrogen-bond acceptors (Lipinski definition) is 4. The van der Waals surface area contributed by atoms with Gasteiger partial charge >= 0.3 is 0 Å². The van der Waals surface area contributed by atoms with Crippen LogP contribution in [-0.2, 0) is 6.54 Å². The van der Waals surface area contributed by atoms with Crippen molar-refractivity contribution in [3.8, 4) is 10.4 Å². The molecule has 0 spiro atoms. The Morgan fingerprint density at radius 2 is 2.17 bits per heavy atom. The van der Waals surface area contributed by atoms with Crippen LogP contribution < -0.4 is 5.32 Å². The van der Waals surface area contributed by atoms with Gasteiger partial charge in [0.15, 0.2) is 0 Å². The summed E-state index contributed by atoms with van der Waals surface area (Å²) in [6, 6.07) is 8.13. The summed E-state index contributed by atoms with van der Waals surface area (Å²) in [5.41, 5.74) is 3.32. The molecule has 120 valence electrons. The Bertz CT molecular complexity index is 787. The first-order valence-electron chi connectivity index (χ1n) is 7.55.